The van der Waals surface area contributed by atoms with Crippen molar-refractivity contribution in [2.75, 3.05) is 5.32 Å². The fourth-order valence-electron chi connectivity index (χ4n) is 1.08. The first kappa shape index (κ1) is 12.5. The van der Waals surface area contributed by atoms with Crippen molar-refractivity contribution in [3.05, 3.63) is 21.9 Å². The van der Waals surface area contributed by atoms with Crippen LogP contribution in [0.1, 0.15) is 20.3 Å². The predicted molar refractivity (Wildman–Crippen MR) is 65.0 cm³/mol. The van der Waals surface area contributed by atoms with Crippen LogP contribution in [0.4, 0.5) is 5.69 Å². The van der Waals surface area contributed by atoms with Crippen LogP contribution >= 0.6 is 27.5 Å². The lowest BCUT2D eigenvalue weighted by molar-refractivity contribution is -0.116. The molecule has 0 saturated heterocycles. The number of hydrogen-bond donors (Lipinski definition) is 1. The molecule has 0 atom stereocenters. The summed E-state index contributed by atoms with van der Waals surface area (Å²) in [6.07, 6.45) is 2.06. The lowest BCUT2D eigenvalue weighted by Crippen LogP contribution is -2.14. The van der Waals surface area contributed by atoms with Crippen molar-refractivity contribution in [2.24, 2.45) is 5.92 Å². The van der Waals surface area contributed by atoms with Crippen LogP contribution in [0.3, 0.4) is 0 Å². The van der Waals surface area contributed by atoms with Crippen molar-refractivity contribution in [1.82, 2.24) is 4.98 Å². The Morgan fingerprint density at radius 1 is 1.67 bits per heavy atom. The third kappa shape index (κ3) is 4.18. The van der Waals surface area contributed by atoms with Gasteiger partial charge in [-0.25, -0.2) is 4.98 Å². The van der Waals surface area contributed by atoms with Crippen LogP contribution in [0, 0.1) is 5.92 Å². The highest BCUT2D eigenvalue weighted by Gasteiger charge is 2.08. The van der Waals surface area contributed by atoms with E-state index in [1.54, 1.807) is 12.3 Å². The molecule has 1 rings (SSSR count). The summed E-state index contributed by atoms with van der Waals surface area (Å²) < 4.78 is 0.784. The Kier molecular flexibility index (Phi) is 4.54. The number of anilines is 1. The summed E-state index contributed by atoms with van der Waals surface area (Å²) in [6.45, 7) is 3.97. The molecule has 0 radical (unpaired) electrons. The summed E-state index contributed by atoms with van der Waals surface area (Å²) in [7, 11) is 0. The first-order valence-corrected chi connectivity index (χ1v) is 5.77. The number of pyridine rings is 1. The summed E-state index contributed by atoms with van der Waals surface area (Å²) in [5.41, 5.74) is 0.539. The Morgan fingerprint density at radius 3 is 2.93 bits per heavy atom. The van der Waals surface area contributed by atoms with Crippen LogP contribution in [-0.4, -0.2) is 10.9 Å². The second kappa shape index (κ2) is 5.47. The fourth-order valence-corrected chi connectivity index (χ4v) is 1.56. The number of carbonyl (C=O) groups excluding carboxylic acids is 1. The average Bonchev–Trinajstić information content (AvgIpc) is 2.10. The topological polar surface area (TPSA) is 42.0 Å². The fraction of sp³-hybridized carbons (Fsp3) is 0.400. The number of halogens is 2. The zero-order valence-electron chi connectivity index (χ0n) is 8.55. The van der Waals surface area contributed by atoms with E-state index < -0.39 is 0 Å². The van der Waals surface area contributed by atoms with Gasteiger partial charge in [0.2, 0.25) is 5.91 Å². The van der Waals surface area contributed by atoms with Crippen LogP contribution in [0.5, 0.6) is 0 Å². The van der Waals surface area contributed by atoms with Gasteiger partial charge < -0.3 is 5.32 Å². The molecule has 3 nitrogen and oxygen atoms in total. The minimum absolute atomic E-state index is 0.0493. The standard InChI is InChI=1S/C10H12BrClN2O/c1-6(2)3-9(15)14-8-4-7(11)5-13-10(8)12/h4-6H,3H2,1-2H3,(H,14,15). The summed E-state index contributed by atoms with van der Waals surface area (Å²) in [5, 5.41) is 3.02. The first-order chi connectivity index (χ1) is 6.99. The van der Waals surface area contributed by atoms with Crippen LogP contribution in [-0.2, 0) is 4.79 Å². The maximum atomic E-state index is 11.5. The molecule has 5 heteroatoms. The molecule has 0 bridgehead atoms. The van der Waals surface area contributed by atoms with Crippen molar-refractivity contribution in [1.29, 1.82) is 0 Å². The number of amides is 1. The van der Waals surface area contributed by atoms with Gasteiger partial charge in [0.05, 0.1) is 5.69 Å². The largest absolute Gasteiger partial charge is 0.323 e. The van der Waals surface area contributed by atoms with Crippen molar-refractivity contribution >= 4 is 39.1 Å². The van der Waals surface area contributed by atoms with Gasteiger partial charge in [0.25, 0.3) is 0 Å². The Hall–Kier alpha value is -0.610. The number of nitrogens with one attached hydrogen (secondary N) is 1. The third-order valence-corrected chi connectivity index (χ3v) is 2.41. The molecular weight excluding hydrogens is 279 g/mol. The van der Waals surface area contributed by atoms with E-state index in [-0.39, 0.29) is 5.91 Å². The van der Waals surface area contributed by atoms with E-state index in [0.717, 1.165) is 4.47 Å². The molecule has 0 aromatic carbocycles. The van der Waals surface area contributed by atoms with E-state index in [1.165, 1.54) is 0 Å². The Morgan fingerprint density at radius 2 is 2.33 bits per heavy atom. The molecule has 1 amide bonds. The smallest absolute Gasteiger partial charge is 0.224 e. The molecule has 1 heterocycles. The third-order valence-electron chi connectivity index (χ3n) is 1.67. The normalized spacial score (nSPS) is 10.5. The van der Waals surface area contributed by atoms with E-state index in [2.05, 4.69) is 26.2 Å². The molecule has 0 fully saturated rings. The minimum Gasteiger partial charge on any atom is -0.323 e. The second-order valence-electron chi connectivity index (χ2n) is 3.64. The molecular formula is C10H12BrClN2O. The summed E-state index contributed by atoms with van der Waals surface area (Å²) in [5.74, 6) is 0.274. The Bertz CT molecular complexity index is 368. The lowest BCUT2D eigenvalue weighted by Gasteiger charge is -2.08. The second-order valence-corrected chi connectivity index (χ2v) is 4.91. The van der Waals surface area contributed by atoms with Gasteiger partial charge in [0, 0.05) is 17.1 Å². The van der Waals surface area contributed by atoms with E-state index >= 15 is 0 Å². The van der Waals surface area contributed by atoms with Gasteiger partial charge in [0.1, 0.15) is 0 Å². The van der Waals surface area contributed by atoms with Crippen molar-refractivity contribution < 1.29 is 4.79 Å². The highest BCUT2D eigenvalue weighted by molar-refractivity contribution is 9.10. The molecule has 1 N–H and O–H groups in total. The van der Waals surface area contributed by atoms with Gasteiger partial charge in [-0.15, -0.1) is 0 Å². The SMILES string of the molecule is CC(C)CC(=O)Nc1cc(Br)cnc1Cl. The van der Waals surface area contributed by atoms with Gasteiger partial charge in [-0.2, -0.15) is 0 Å². The zero-order valence-corrected chi connectivity index (χ0v) is 10.9. The van der Waals surface area contributed by atoms with Crippen LogP contribution in [0.15, 0.2) is 16.7 Å². The molecule has 0 aliphatic rings. The number of carbonyl (C=O) groups is 1. The van der Waals surface area contributed by atoms with E-state index in [4.69, 9.17) is 11.6 Å². The number of hydrogen-bond acceptors (Lipinski definition) is 2. The molecule has 15 heavy (non-hydrogen) atoms. The van der Waals surface area contributed by atoms with Crippen molar-refractivity contribution in [3.8, 4) is 0 Å². The minimum atomic E-state index is -0.0493. The van der Waals surface area contributed by atoms with Crippen LogP contribution in [0.2, 0.25) is 5.15 Å². The summed E-state index contributed by atoms with van der Waals surface area (Å²) in [6, 6.07) is 1.73. The monoisotopic (exact) mass is 290 g/mol. The molecule has 0 spiro atoms. The molecule has 0 aliphatic carbocycles. The molecule has 0 aliphatic heterocycles. The lowest BCUT2D eigenvalue weighted by atomic mass is 10.1. The molecule has 0 saturated carbocycles. The van der Waals surface area contributed by atoms with Gasteiger partial charge in [0.15, 0.2) is 5.15 Å². The molecule has 0 unspecified atom stereocenters. The summed E-state index contributed by atoms with van der Waals surface area (Å²) >= 11 is 9.09. The van der Waals surface area contributed by atoms with Gasteiger partial charge >= 0.3 is 0 Å². The number of rotatable bonds is 3. The van der Waals surface area contributed by atoms with Crippen molar-refractivity contribution in [3.63, 3.8) is 0 Å². The van der Waals surface area contributed by atoms with Crippen LogP contribution in [0.25, 0.3) is 0 Å². The van der Waals surface area contributed by atoms with Gasteiger partial charge in [-0.1, -0.05) is 25.4 Å². The van der Waals surface area contributed by atoms with E-state index in [0.29, 0.717) is 23.2 Å². The number of aromatic nitrogens is 1. The Balaban J connectivity index is 2.71. The predicted octanol–water partition coefficient (Wildman–Crippen LogP) is 3.48. The first-order valence-electron chi connectivity index (χ1n) is 4.60. The van der Waals surface area contributed by atoms with Gasteiger partial charge in [-0.3, -0.25) is 4.79 Å². The molecule has 82 valence electrons. The maximum Gasteiger partial charge on any atom is 0.224 e. The van der Waals surface area contributed by atoms with E-state index in [1.807, 2.05) is 13.8 Å². The summed E-state index contributed by atoms with van der Waals surface area (Å²) in [4.78, 5) is 15.4. The van der Waals surface area contributed by atoms with Crippen LogP contribution < -0.4 is 5.32 Å². The average molecular weight is 292 g/mol. The maximum absolute atomic E-state index is 11.5. The number of nitrogens with zero attached hydrogens (tertiary/aromatic N) is 1. The van der Waals surface area contributed by atoms with Crippen molar-refractivity contribution in [2.45, 2.75) is 20.3 Å². The zero-order chi connectivity index (χ0) is 11.4. The molecule has 1 aromatic heterocycles. The Labute approximate surface area is 102 Å². The molecule has 1 aromatic rings. The quantitative estimate of drug-likeness (QED) is 0.866. The van der Waals surface area contributed by atoms with Gasteiger partial charge in [-0.05, 0) is 27.9 Å². The highest BCUT2D eigenvalue weighted by atomic mass is 79.9. The van der Waals surface area contributed by atoms with E-state index in [9.17, 15) is 4.79 Å². The highest BCUT2D eigenvalue weighted by Crippen LogP contribution is 2.23.